The van der Waals surface area contributed by atoms with E-state index in [1.807, 2.05) is 49.4 Å². The maximum Gasteiger partial charge on any atom is 0.227 e. The van der Waals surface area contributed by atoms with Gasteiger partial charge < -0.3 is 15.0 Å². The molecule has 5 rings (SSSR count). The first kappa shape index (κ1) is 27.7. The third kappa shape index (κ3) is 7.35. The van der Waals surface area contributed by atoms with Crippen molar-refractivity contribution in [3.05, 3.63) is 107 Å². The van der Waals surface area contributed by atoms with Crippen molar-refractivity contribution >= 4 is 16.8 Å². The molecule has 38 heavy (non-hydrogen) atoms. The Labute approximate surface area is 227 Å². The van der Waals surface area contributed by atoms with Crippen molar-refractivity contribution in [1.29, 1.82) is 0 Å². The van der Waals surface area contributed by atoms with Crippen LogP contribution < -0.4 is 5.32 Å². The maximum absolute atomic E-state index is 12.8. The first-order chi connectivity index (χ1) is 18.6. The van der Waals surface area contributed by atoms with Gasteiger partial charge in [-0.25, -0.2) is 0 Å². The first-order valence-corrected chi connectivity index (χ1v) is 14.2. The van der Waals surface area contributed by atoms with Crippen LogP contribution in [0.3, 0.4) is 0 Å². The number of nitrogens with zero attached hydrogens (tertiary/aromatic N) is 1. The normalized spacial score (nSPS) is 15.1. The monoisotopic (exact) mass is 510 g/mol. The summed E-state index contributed by atoms with van der Waals surface area (Å²) in [5.41, 5.74) is 5.51. The number of fused-ring (bicyclic) bond motifs is 1. The van der Waals surface area contributed by atoms with Crippen molar-refractivity contribution in [3.8, 4) is 0 Å². The average molecular weight is 511 g/mol. The highest BCUT2D eigenvalue weighted by atomic mass is 16.3. The number of aromatic nitrogens is 1. The zero-order valence-electron chi connectivity index (χ0n) is 22.9. The summed E-state index contributed by atoms with van der Waals surface area (Å²) in [4.78, 5) is 12.8. The fourth-order valence-electron chi connectivity index (χ4n) is 5.26. The van der Waals surface area contributed by atoms with Gasteiger partial charge in [0.15, 0.2) is 0 Å². The molecule has 4 nitrogen and oxygen atoms in total. The molecular weight excluding hydrogens is 468 g/mol. The Balaban J connectivity index is 0.000000417. The van der Waals surface area contributed by atoms with Crippen LogP contribution in [0.15, 0.2) is 84.9 Å². The van der Waals surface area contributed by atoms with E-state index in [0.717, 1.165) is 17.7 Å². The molecule has 1 fully saturated rings. The van der Waals surface area contributed by atoms with Crippen LogP contribution in [-0.4, -0.2) is 22.2 Å². The Morgan fingerprint density at radius 1 is 0.816 bits per heavy atom. The summed E-state index contributed by atoms with van der Waals surface area (Å²) < 4.78 is 2.31. The number of aliphatic hydroxyl groups excluding tert-OH is 1. The number of amides is 1. The van der Waals surface area contributed by atoms with Crippen LogP contribution in [0, 0.1) is 6.92 Å². The number of carbonyl (C=O) groups is 1. The summed E-state index contributed by atoms with van der Waals surface area (Å²) in [5.74, 6) is -0.399. The molecule has 1 amide bonds. The molecule has 1 aromatic heterocycles. The standard InChI is InChI=1S/C27H28N2O2.C7H14/c1-19-16-24-10-6-7-11-26(24)29(19)17-21-12-14-22(15-13-21)20(2)27(31)28-25(18-30)23-8-4-3-5-9-23;1-2-4-6-7-5-3-1/h3-16,20,25,30H,17-18H2,1-2H3,(H,28,31);1-7H2/t20?,25-;/m0./s1. The first-order valence-electron chi connectivity index (χ1n) is 14.2. The van der Waals surface area contributed by atoms with E-state index in [0.29, 0.717) is 0 Å². The third-order valence-corrected chi connectivity index (χ3v) is 7.68. The van der Waals surface area contributed by atoms with Gasteiger partial charge >= 0.3 is 0 Å². The van der Waals surface area contributed by atoms with Gasteiger partial charge in [0.2, 0.25) is 5.91 Å². The zero-order valence-corrected chi connectivity index (χ0v) is 22.9. The van der Waals surface area contributed by atoms with Crippen molar-refractivity contribution < 1.29 is 9.90 Å². The van der Waals surface area contributed by atoms with E-state index in [1.165, 1.54) is 67.1 Å². The van der Waals surface area contributed by atoms with Gasteiger partial charge in [-0.15, -0.1) is 0 Å². The lowest BCUT2D eigenvalue weighted by atomic mass is 9.98. The van der Waals surface area contributed by atoms with Crippen molar-refractivity contribution in [3.63, 3.8) is 0 Å². The molecule has 2 N–H and O–H groups in total. The van der Waals surface area contributed by atoms with E-state index in [9.17, 15) is 9.90 Å². The SMILES string of the molecule is C1CCCCCC1.Cc1cc2ccccc2n1Cc1ccc(C(C)C(=O)N[C@@H](CO)c2ccccc2)cc1. The molecule has 1 aliphatic rings. The van der Waals surface area contributed by atoms with Crippen LogP contribution in [-0.2, 0) is 11.3 Å². The van der Waals surface area contributed by atoms with Crippen molar-refractivity contribution in [2.75, 3.05) is 6.61 Å². The molecule has 4 aromatic rings. The number of nitrogens with one attached hydrogen (secondary N) is 1. The number of hydrogen-bond donors (Lipinski definition) is 2. The molecule has 1 unspecified atom stereocenters. The summed E-state index contributed by atoms with van der Waals surface area (Å²) in [6.07, 6.45) is 10.5. The summed E-state index contributed by atoms with van der Waals surface area (Å²) in [5, 5.41) is 13.9. The topological polar surface area (TPSA) is 54.3 Å². The predicted molar refractivity (Wildman–Crippen MR) is 157 cm³/mol. The van der Waals surface area contributed by atoms with Crippen LogP contribution in [0.2, 0.25) is 0 Å². The Morgan fingerprint density at radius 3 is 2.00 bits per heavy atom. The second-order valence-electron chi connectivity index (χ2n) is 10.5. The second-order valence-corrected chi connectivity index (χ2v) is 10.5. The molecule has 0 bridgehead atoms. The molecule has 4 heteroatoms. The van der Waals surface area contributed by atoms with Gasteiger partial charge in [0.25, 0.3) is 0 Å². The molecular formula is C34H42N2O2. The lowest BCUT2D eigenvalue weighted by Crippen LogP contribution is -2.33. The largest absolute Gasteiger partial charge is 0.394 e. The summed E-state index contributed by atoms with van der Waals surface area (Å²) in [7, 11) is 0. The zero-order chi connectivity index (χ0) is 26.7. The average Bonchev–Trinajstić information content (AvgIpc) is 3.12. The fraction of sp³-hybridized carbons (Fsp3) is 0.382. The van der Waals surface area contributed by atoms with Crippen LogP contribution in [0.25, 0.3) is 10.9 Å². The quantitative estimate of drug-likeness (QED) is 0.251. The van der Waals surface area contributed by atoms with E-state index >= 15 is 0 Å². The van der Waals surface area contributed by atoms with Crippen molar-refractivity contribution in [2.24, 2.45) is 0 Å². The maximum atomic E-state index is 12.8. The van der Waals surface area contributed by atoms with Crippen molar-refractivity contribution in [1.82, 2.24) is 9.88 Å². The molecule has 0 radical (unpaired) electrons. The van der Waals surface area contributed by atoms with E-state index < -0.39 is 6.04 Å². The lowest BCUT2D eigenvalue weighted by Gasteiger charge is -2.20. The molecule has 1 saturated carbocycles. The summed E-state index contributed by atoms with van der Waals surface area (Å²) >= 11 is 0. The Kier molecular flexibility index (Phi) is 10.2. The van der Waals surface area contributed by atoms with Crippen LogP contribution in [0.1, 0.15) is 86.2 Å². The molecule has 1 heterocycles. The van der Waals surface area contributed by atoms with Gasteiger partial charge in [0, 0.05) is 17.8 Å². The minimum Gasteiger partial charge on any atom is -0.394 e. The van der Waals surface area contributed by atoms with E-state index in [2.05, 4.69) is 59.3 Å². The van der Waals surface area contributed by atoms with Gasteiger partial charge in [-0.05, 0) is 48.1 Å². The smallest absolute Gasteiger partial charge is 0.227 e. The van der Waals surface area contributed by atoms with Gasteiger partial charge in [0.05, 0.1) is 18.6 Å². The number of carbonyl (C=O) groups excluding carboxylic acids is 1. The summed E-state index contributed by atoms with van der Waals surface area (Å²) in [6, 6.07) is 28.0. The predicted octanol–water partition coefficient (Wildman–Crippen LogP) is 7.68. The van der Waals surface area contributed by atoms with E-state index in [4.69, 9.17) is 0 Å². The Bertz CT molecular complexity index is 1260. The highest BCUT2D eigenvalue weighted by Crippen LogP contribution is 2.23. The second kappa shape index (κ2) is 14.0. The van der Waals surface area contributed by atoms with Gasteiger partial charge in [0.1, 0.15) is 0 Å². The van der Waals surface area contributed by atoms with Crippen LogP contribution in [0.5, 0.6) is 0 Å². The minimum absolute atomic E-state index is 0.0945. The highest BCUT2D eigenvalue weighted by molar-refractivity contribution is 5.83. The van der Waals surface area contributed by atoms with Gasteiger partial charge in [-0.3, -0.25) is 4.79 Å². The number of aliphatic hydroxyl groups is 1. The molecule has 1 aliphatic carbocycles. The van der Waals surface area contributed by atoms with E-state index in [1.54, 1.807) is 0 Å². The molecule has 2 atom stereocenters. The van der Waals surface area contributed by atoms with Gasteiger partial charge in [-0.1, -0.05) is 118 Å². The van der Waals surface area contributed by atoms with Gasteiger partial charge in [-0.2, -0.15) is 0 Å². The molecule has 0 aliphatic heterocycles. The molecule has 3 aromatic carbocycles. The van der Waals surface area contributed by atoms with E-state index in [-0.39, 0.29) is 18.4 Å². The molecule has 0 saturated heterocycles. The Hall–Kier alpha value is -3.37. The molecule has 200 valence electrons. The third-order valence-electron chi connectivity index (χ3n) is 7.68. The number of rotatable bonds is 7. The number of aryl methyl sites for hydroxylation is 1. The van der Waals surface area contributed by atoms with Crippen LogP contribution >= 0.6 is 0 Å². The lowest BCUT2D eigenvalue weighted by molar-refractivity contribution is -0.123. The number of hydrogen-bond acceptors (Lipinski definition) is 2. The highest BCUT2D eigenvalue weighted by Gasteiger charge is 2.20. The van der Waals surface area contributed by atoms with Crippen molar-refractivity contribution in [2.45, 2.75) is 77.3 Å². The fourth-order valence-corrected chi connectivity index (χ4v) is 5.26. The number of para-hydroxylation sites is 1. The Morgan fingerprint density at radius 2 is 1.39 bits per heavy atom. The van der Waals surface area contributed by atoms with Crippen LogP contribution in [0.4, 0.5) is 0 Å². The number of benzene rings is 3. The molecule has 0 spiro atoms. The minimum atomic E-state index is -0.402. The summed E-state index contributed by atoms with van der Waals surface area (Å²) in [6.45, 7) is 4.69.